The van der Waals surface area contributed by atoms with E-state index in [0.29, 0.717) is 18.2 Å². The summed E-state index contributed by atoms with van der Waals surface area (Å²) in [7, 11) is -0.806. The quantitative estimate of drug-likeness (QED) is 0.716. The van der Waals surface area contributed by atoms with Crippen molar-refractivity contribution < 1.29 is 17.9 Å². The Hall–Kier alpha value is -1.47. The van der Waals surface area contributed by atoms with Crippen LogP contribution in [0.2, 0.25) is 0 Å². The number of benzene rings is 1. The van der Waals surface area contributed by atoms with E-state index in [1.54, 1.807) is 0 Å². The van der Waals surface area contributed by atoms with Gasteiger partial charge in [0.2, 0.25) is 10.0 Å². The number of hydrogen-bond acceptors (Lipinski definition) is 5. The third-order valence-electron chi connectivity index (χ3n) is 3.52. The van der Waals surface area contributed by atoms with Crippen molar-refractivity contribution in [3.05, 3.63) is 12.1 Å². The Labute approximate surface area is 126 Å². The lowest BCUT2D eigenvalue weighted by atomic mass is 10.0. The third kappa shape index (κ3) is 4.25. The van der Waals surface area contributed by atoms with Crippen LogP contribution in [0.4, 0.5) is 5.69 Å². The maximum absolute atomic E-state index is 12.4. The highest BCUT2D eigenvalue weighted by atomic mass is 32.2. The predicted octanol–water partition coefficient (Wildman–Crippen LogP) is 2.00. The van der Waals surface area contributed by atoms with Crippen molar-refractivity contribution in [1.29, 1.82) is 0 Å². The number of hydrogen-bond donors (Lipinski definition) is 2. The number of anilines is 1. The van der Waals surface area contributed by atoms with Crippen molar-refractivity contribution >= 4 is 15.7 Å². The standard InChI is InChI=1S/C14H24N2O4S/c1-5-10(6-2)9-16-21(17,18)14-7-11(15)12(19-3)8-13(14)20-4/h7-8,10,16H,5-6,9,15H2,1-4H3. The van der Waals surface area contributed by atoms with E-state index < -0.39 is 10.0 Å². The molecule has 0 aliphatic rings. The number of sulfonamides is 1. The van der Waals surface area contributed by atoms with E-state index in [-0.39, 0.29) is 16.3 Å². The Morgan fingerprint density at radius 1 is 1.14 bits per heavy atom. The molecule has 0 fully saturated rings. The molecule has 120 valence electrons. The molecule has 0 aromatic heterocycles. The molecule has 0 bridgehead atoms. The molecule has 1 rings (SSSR count). The highest BCUT2D eigenvalue weighted by Crippen LogP contribution is 2.33. The van der Waals surface area contributed by atoms with Crippen LogP contribution in [0.5, 0.6) is 11.5 Å². The van der Waals surface area contributed by atoms with Crippen molar-refractivity contribution in [2.24, 2.45) is 5.92 Å². The summed E-state index contributed by atoms with van der Waals surface area (Å²) in [6.45, 7) is 4.47. The number of methoxy groups -OCH3 is 2. The van der Waals surface area contributed by atoms with Gasteiger partial charge < -0.3 is 15.2 Å². The Balaban J connectivity index is 3.10. The van der Waals surface area contributed by atoms with Crippen molar-refractivity contribution in [3.8, 4) is 11.5 Å². The van der Waals surface area contributed by atoms with Gasteiger partial charge in [-0.25, -0.2) is 13.1 Å². The molecule has 0 aliphatic heterocycles. The Bertz CT molecular complexity index is 569. The van der Waals surface area contributed by atoms with Crippen LogP contribution in [-0.2, 0) is 10.0 Å². The molecule has 21 heavy (non-hydrogen) atoms. The van der Waals surface area contributed by atoms with Crippen molar-refractivity contribution in [2.45, 2.75) is 31.6 Å². The first-order chi connectivity index (χ1) is 9.89. The van der Waals surface area contributed by atoms with Gasteiger partial charge in [0, 0.05) is 12.6 Å². The molecule has 7 heteroatoms. The number of rotatable bonds is 8. The molecule has 0 heterocycles. The summed E-state index contributed by atoms with van der Waals surface area (Å²) in [4.78, 5) is 0.0225. The SMILES string of the molecule is CCC(CC)CNS(=O)(=O)c1cc(N)c(OC)cc1OC. The zero-order valence-corrected chi connectivity index (χ0v) is 13.8. The number of nitrogens with one attached hydrogen (secondary N) is 1. The summed E-state index contributed by atoms with van der Waals surface area (Å²) in [5.41, 5.74) is 6.04. The molecule has 0 saturated carbocycles. The zero-order chi connectivity index (χ0) is 16.0. The minimum absolute atomic E-state index is 0.0225. The Kier molecular flexibility index (Phi) is 6.29. The summed E-state index contributed by atoms with van der Waals surface area (Å²) in [6, 6.07) is 2.83. The Morgan fingerprint density at radius 2 is 1.71 bits per heavy atom. The fourth-order valence-corrected chi connectivity index (χ4v) is 3.29. The largest absolute Gasteiger partial charge is 0.495 e. The minimum atomic E-state index is -3.68. The van der Waals surface area contributed by atoms with Gasteiger partial charge in [-0.2, -0.15) is 0 Å². The van der Waals surface area contributed by atoms with Crippen molar-refractivity contribution in [3.63, 3.8) is 0 Å². The van der Waals surface area contributed by atoms with Gasteiger partial charge in [-0.15, -0.1) is 0 Å². The molecule has 0 radical (unpaired) electrons. The fraction of sp³-hybridized carbons (Fsp3) is 0.571. The lowest BCUT2D eigenvalue weighted by Crippen LogP contribution is -2.29. The van der Waals surface area contributed by atoms with Crippen LogP contribution >= 0.6 is 0 Å². The number of ether oxygens (including phenoxy) is 2. The highest BCUT2D eigenvalue weighted by Gasteiger charge is 2.22. The average Bonchev–Trinajstić information content (AvgIpc) is 2.48. The first kappa shape index (κ1) is 17.6. The summed E-state index contributed by atoms with van der Waals surface area (Å²) in [5.74, 6) is 0.894. The maximum atomic E-state index is 12.4. The first-order valence-electron chi connectivity index (χ1n) is 6.90. The molecule has 0 unspecified atom stereocenters. The van der Waals surface area contributed by atoms with Crippen LogP contribution in [-0.4, -0.2) is 29.2 Å². The molecule has 3 N–H and O–H groups in total. The van der Waals surface area contributed by atoms with Crippen LogP contribution < -0.4 is 19.9 Å². The van der Waals surface area contributed by atoms with Crippen LogP contribution in [0, 0.1) is 5.92 Å². The zero-order valence-electron chi connectivity index (χ0n) is 13.0. The van der Waals surface area contributed by atoms with E-state index in [0.717, 1.165) is 12.8 Å². The van der Waals surface area contributed by atoms with Gasteiger partial charge in [-0.05, 0) is 12.0 Å². The monoisotopic (exact) mass is 316 g/mol. The van der Waals surface area contributed by atoms with Gasteiger partial charge in [0.25, 0.3) is 0 Å². The molecule has 1 aromatic rings. The molecular weight excluding hydrogens is 292 g/mol. The summed E-state index contributed by atoms with van der Waals surface area (Å²) in [5, 5.41) is 0. The number of nitrogen functional groups attached to an aromatic ring is 1. The fourth-order valence-electron chi connectivity index (χ4n) is 1.99. The number of nitrogens with two attached hydrogens (primary N) is 1. The van der Waals surface area contributed by atoms with Crippen molar-refractivity contribution in [2.75, 3.05) is 26.5 Å². The van der Waals surface area contributed by atoms with Gasteiger partial charge in [0.1, 0.15) is 16.4 Å². The van der Waals surface area contributed by atoms with Crippen LogP contribution in [0.15, 0.2) is 17.0 Å². The molecule has 1 aromatic carbocycles. The van der Waals surface area contributed by atoms with Crippen LogP contribution in [0.25, 0.3) is 0 Å². The second-order valence-electron chi connectivity index (χ2n) is 4.78. The molecule has 0 spiro atoms. The van der Waals surface area contributed by atoms with Gasteiger partial charge in [-0.3, -0.25) is 0 Å². The second-order valence-corrected chi connectivity index (χ2v) is 6.51. The Morgan fingerprint density at radius 3 is 2.19 bits per heavy atom. The van der Waals surface area contributed by atoms with Gasteiger partial charge in [-0.1, -0.05) is 26.7 Å². The van der Waals surface area contributed by atoms with E-state index in [1.807, 2.05) is 13.8 Å². The smallest absolute Gasteiger partial charge is 0.244 e. The first-order valence-corrected chi connectivity index (χ1v) is 8.39. The maximum Gasteiger partial charge on any atom is 0.244 e. The molecule has 0 aliphatic carbocycles. The van der Waals surface area contributed by atoms with E-state index in [1.165, 1.54) is 26.4 Å². The lowest BCUT2D eigenvalue weighted by Gasteiger charge is -2.16. The average molecular weight is 316 g/mol. The molecule has 0 saturated heterocycles. The van der Waals surface area contributed by atoms with E-state index in [4.69, 9.17) is 15.2 Å². The summed E-state index contributed by atoms with van der Waals surface area (Å²) >= 11 is 0. The predicted molar refractivity (Wildman–Crippen MR) is 83.2 cm³/mol. The van der Waals surface area contributed by atoms with Crippen LogP contribution in [0.3, 0.4) is 0 Å². The summed E-state index contributed by atoms with van der Waals surface area (Å²) in [6.07, 6.45) is 1.84. The minimum Gasteiger partial charge on any atom is -0.495 e. The molecule has 0 atom stereocenters. The van der Waals surface area contributed by atoms with E-state index >= 15 is 0 Å². The van der Waals surface area contributed by atoms with Gasteiger partial charge in [0.05, 0.1) is 19.9 Å². The molecule has 6 nitrogen and oxygen atoms in total. The van der Waals surface area contributed by atoms with Gasteiger partial charge in [0.15, 0.2) is 0 Å². The second kappa shape index (κ2) is 7.51. The van der Waals surface area contributed by atoms with E-state index in [9.17, 15) is 8.42 Å². The lowest BCUT2D eigenvalue weighted by molar-refractivity contribution is 0.387. The van der Waals surface area contributed by atoms with Crippen molar-refractivity contribution in [1.82, 2.24) is 4.72 Å². The molecular formula is C14H24N2O4S. The molecule has 0 amide bonds. The highest BCUT2D eigenvalue weighted by molar-refractivity contribution is 7.89. The normalized spacial score (nSPS) is 11.7. The third-order valence-corrected chi connectivity index (χ3v) is 4.97. The van der Waals surface area contributed by atoms with E-state index in [2.05, 4.69) is 4.72 Å². The van der Waals surface area contributed by atoms with Crippen LogP contribution in [0.1, 0.15) is 26.7 Å². The topological polar surface area (TPSA) is 90.7 Å². The summed E-state index contributed by atoms with van der Waals surface area (Å²) < 4.78 is 37.6. The van der Waals surface area contributed by atoms with Gasteiger partial charge >= 0.3 is 0 Å².